The predicted octanol–water partition coefficient (Wildman–Crippen LogP) is 2.11. The topological polar surface area (TPSA) is 87.2 Å². The normalized spacial score (nSPS) is 10.9. The SMILES string of the molecule is CN(c1ccc(C#N)cc1)S(=O)(=O)Cc1ccccc1N. The number of anilines is 2. The third-order valence-electron chi connectivity index (χ3n) is 3.17. The van der Waals surface area contributed by atoms with E-state index in [-0.39, 0.29) is 5.75 Å². The molecule has 2 N–H and O–H groups in total. The molecular formula is C15H15N3O2S. The zero-order valence-corrected chi connectivity index (χ0v) is 12.3. The van der Waals surface area contributed by atoms with E-state index >= 15 is 0 Å². The minimum atomic E-state index is -3.54. The largest absolute Gasteiger partial charge is 0.398 e. The van der Waals surface area contributed by atoms with Gasteiger partial charge in [0.05, 0.1) is 23.1 Å². The lowest BCUT2D eigenvalue weighted by molar-refractivity contribution is 0.593. The van der Waals surface area contributed by atoms with Gasteiger partial charge in [-0.1, -0.05) is 18.2 Å². The van der Waals surface area contributed by atoms with Gasteiger partial charge in [-0.25, -0.2) is 8.42 Å². The first-order chi connectivity index (χ1) is 9.94. The van der Waals surface area contributed by atoms with Crippen LogP contribution in [0.2, 0.25) is 0 Å². The van der Waals surface area contributed by atoms with Crippen molar-refractivity contribution in [2.75, 3.05) is 17.1 Å². The molecule has 0 aliphatic heterocycles. The van der Waals surface area contributed by atoms with E-state index in [2.05, 4.69) is 0 Å². The second kappa shape index (κ2) is 5.85. The lowest BCUT2D eigenvalue weighted by Crippen LogP contribution is -2.28. The molecule has 0 bridgehead atoms. The molecule has 2 rings (SSSR count). The first kappa shape index (κ1) is 14.9. The number of rotatable bonds is 4. The standard InChI is InChI=1S/C15H15N3O2S/c1-18(14-8-6-12(10-16)7-9-14)21(19,20)11-13-4-2-3-5-15(13)17/h2-9H,11,17H2,1H3. The maximum atomic E-state index is 12.4. The van der Waals surface area contributed by atoms with E-state index in [9.17, 15) is 8.42 Å². The molecule has 0 unspecified atom stereocenters. The molecule has 0 aromatic heterocycles. The summed E-state index contributed by atoms with van der Waals surface area (Å²) in [5.74, 6) is -0.170. The number of nitrogen functional groups attached to an aromatic ring is 1. The van der Waals surface area contributed by atoms with Crippen LogP contribution in [0.25, 0.3) is 0 Å². The summed E-state index contributed by atoms with van der Waals surface area (Å²) in [4.78, 5) is 0. The van der Waals surface area contributed by atoms with Crippen LogP contribution in [0.3, 0.4) is 0 Å². The molecule has 6 heteroatoms. The molecule has 5 nitrogen and oxygen atoms in total. The molecule has 0 amide bonds. The van der Waals surface area contributed by atoms with Gasteiger partial charge >= 0.3 is 0 Å². The van der Waals surface area contributed by atoms with Gasteiger partial charge in [0.2, 0.25) is 10.0 Å². The van der Waals surface area contributed by atoms with Crippen LogP contribution in [0.4, 0.5) is 11.4 Å². The fraction of sp³-hybridized carbons (Fsp3) is 0.133. The number of nitrogens with zero attached hydrogens (tertiary/aromatic N) is 2. The van der Waals surface area contributed by atoms with Crippen molar-refractivity contribution in [3.05, 3.63) is 59.7 Å². The molecular weight excluding hydrogens is 286 g/mol. The number of sulfonamides is 1. The van der Waals surface area contributed by atoms with Gasteiger partial charge in [0, 0.05) is 12.7 Å². The molecule has 2 aromatic carbocycles. The Balaban J connectivity index is 2.26. The van der Waals surface area contributed by atoms with Gasteiger partial charge in [-0.3, -0.25) is 4.31 Å². The quantitative estimate of drug-likeness (QED) is 0.876. The summed E-state index contributed by atoms with van der Waals surface area (Å²) in [6.45, 7) is 0. The summed E-state index contributed by atoms with van der Waals surface area (Å²) >= 11 is 0. The van der Waals surface area contributed by atoms with Gasteiger partial charge in [-0.15, -0.1) is 0 Å². The number of benzene rings is 2. The van der Waals surface area contributed by atoms with E-state index in [4.69, 9.17) is 11.0 Å². The van der Waals surface area contributed by atoms with Crippen molar-refractivity contribution >= 4 is 21.4 Å². The van der Waals surface area contributed by atoms with Gasteiger partial charge in [-0.05, 0) is 35.9 Å². The van der Waals surface area contributed by atoms with Crippen LogP contribution in [0, 0.1) is 11.3 Å². The summed E-state index contributed by atoms with van der Waals surface area (Å²) in [7, 11) is -2.06. The Morgan fingerprint density at radius 2 is 1.76 bits per heavy atom. The molecule has 0 spiro atoms. The van der Waals surface area contributed by atoms with E-state index in [0.29, 0.717) is 22.5 Å². The predicted molar refractivity (Wildman–Crippen MR) is 83.0 cm³/mol. The van der Waals surface area contributed by atoms with Gasteiger partial charge in [0.25, 0.3) is 0 Å². The monoisotopic (exact) mass is 301 g/mol. The number of hydrogen-bond acceptors (Lipinski definition) is 4. The van der Waals surface area contributed by atoms with Crippen LogP contribution in [-0.4, -0.2) is 15.5 Å². The van der Waals surface area contributed by atoms with Gasteiger partial charge in [0.15, 0.2) is 0 Å². The van der Waals surface area contributed by atoms with Crippen molar-refractivity contribution < 1.29 is 8.42 Å². The third kappa shape index (κ3) is 3.33. The first-order valence-corrected chi connectivity index (χ1v) is 7.85. The molecule has 0 radical (unpaired) electrons. The van der Waals surface area contributed by atoms with E-state index in [1.165, 1.54) is 11.4 Å². The highest BCUT2D eigenvalue weighted by Gasteiger charge is 2.20. The molecule has 0 aliphatic carbocycles. The first-order valence-electron chi connectivity index (χ1n) is 6.24. The van der Waals surface area contributed by atoms with E-state index in [0.717, 1.165) is 0 Å². The highest BCUT2D eigenvalue weighted by molar-refractivity contribution is 7.92. The molecule has 0 heterocycles. The van der Waals surface area contributed by atoms with Crippen LogP contribution in [0.15, 0.2) is 48.5 Å². The van der Waals surface area contributed by atoms with Crippen molar-refractivity contribution in [3.63, 3.8) is 0 Å². The smallest absolute Gasteiger partial charge is 0.239 e. The summed E-state index contributed by atoms with van der Waals surface area (Å²) < 4.78 is 26.0. The average Bonchev–Trinajstić information content (AvgIpc) is 2.49. The Kier molecular flexibility index (Phi) is 4.15. The van der Waals surface area contributed by atoms with Gasteiger partial charge in [-0.2, -0.15) is 5.26 Å². The minimum absolute atomic E-state index is 0.170. The Morgan fingerprint density at radius 3 is 2.33 bits per heavy atom. The second-order valence-electron chi connectivity index (χ2n) is 4.58. The third-order valence-corrected chi connectivity index (χ3v) is 4.89. The van der Waals surface area contributed by atoms with Crippen LogP contribution < -0.4 is 10.0 Å². The van der Waals surface area contributed by atoms with Crippen molar-refractivity contribution in [1.29, 1.82) is 5.26 Å². The van der Waals surface area contributed by atoms with Gasteiger partial charge in [0.1, 0.15) is 0 Å². The van der Waals surface area contributed by atoms with Crippen LogP contribution in [-0.2, 0) is 15.8 Å². The maximum Gasteiger partial charge on any atom is 0.239 e. The van der Waals surface area contributed by atoms with E-state index < -0.39 is 10.0 Å². The fourth-order valence-electron chi connectivity index (χ4n) is 1.87. The minimum Gasteiger partial charge on any atom is -0.398 e. The Morgan fingerprint density at radius 1 is 1.14 bits per heavy atom. The maximum absolute atomic E-state index is 12.4. The summed E-state index contributed by atoms with van der Waals surface area (Å²) in [6, 6.07) is 15.2. The molecule has 21 heavy (non-hydrogen) atoms. The Bertz CT molecular complexity index is 777. The lowest BCUT2D eigenvalue weighted by Gasteiger charge is -2.20. The Labute approximate surface area is 124 Å². The molecule has 0 atom stereocenters. The average molecular weight is 301 g/mol. The zero-order chi connectivity index (χ0) is 15.5. The Hall–Kier alpha value is -2.52. The fourth-order valence-corrected chi connectivity index (χ4v) is 3.16. The molecule has 108 valence electrons. The molecule has 0 aliphatic rings. The molecule has 0 fully saturated rings. The lowest BCUT2D eigenvalue weighted by atomic mass is 10.2. The van der Waals surface area contributed by atoms with Crippen LogP contribution in [0.1, 0.15) is 11.1 Å². The van der Waals surface area contributed by atoms with Crippen molar-refractivity contribution in [2.45, 2.75) is 5.75 Å². The van der Waals surface area contributed by atoms with Crippen molar-refractivity contribution in [2.24, 2.45) is 0 Å². The van der Waals surface area contributed by atoms with E-state index in [1.54, 1.807) is 48.5 Å². The van der Waals surface area contributed by atoms with E-state index in [1.807, 2.05) is 6.07 Å². The van der Waals surface area contributed by atoms with Crippen molar-refractivity contribution in [3.8, 4) is 6.07 Å². The van der Waals surface area contributed by atoms with Crippen LogP contribution in [0.5, 0.6) is 0 Å². The number of para-hydroxylation sites is 1. The van der Waals surface area contributed by atoms with Crippen LogP contribution >= 0.6 is 0 Å². The van der Waals surface area contributed by atoms with Gasteiger partial charge < -0.3 is 5.73 Å². The number of hydrogen-bond donors (Lipinski definition) is 1. The molecule has 0 saturated heterocycles. The number of nitrogens with two attached hydrogens (primary N) is 1. The van der Waals surface area contributed by atoms with Crippen molar-refractivity contribution in [1.82, 2.24) is 0 Å². The highest BCUT2D eigenvalue weighted by atomic mass is 32.2. The summed E-state index contributed by atoms with van der Waals surface area (Å²) in [5, 5.41) is 8.76. The zero-order valence-electron chi connectivity index (χ0n) is 11.5. The second-order valence-corrected chi connectivity index (χ2v) is 6.58. The number of nitriles is 1. The summed E-state index contributed by atoms with van der Waals surface area (Å²) in [5.41, 5.74) is 7.79. The highest BCUT2D eigenvalue weighted by Crippen LogP contribution is 2.21. The summed E-state index contributed by atoms with van der Waals surface area (Å²) in [6.07, 6.45) is 0. The molecule has 0 saturated carbocycles. The molecule has 2 aromatic rings.